The van der Waals surface area contributed by atoms with Crippen LogP contribution in [0.4, 0.5) is 0 Å². The Hall–Kier alpha value is -1.43. The third-order valence-electron chi connectivity index (χ3n) is 1.90. The van der Waals surface area contributed by atoms with Crippen molar-refractivity contribution in [2.75, 3.05) is 13.7 Å². The van der Waals surface area contributed by atoms with Crippen molar-refractivity contribution in [1.29, 1.82) is 5.26 Å². The lowest BCUT2D eigenvalue weighted by molar-refractivity contribution is 0.0602. The van der Waals surface area contributed by atoms with Gasteiger partial charge in [-0.3, -0.25) is 0 Å². The highest BCUT2D eigenvalue weighted by atomic mass is 32.2. The van der Waals surface area contributed by atoms with Gasteiger partial charge in [-0.25, -0.2) is 13.2 Å². The average Bonchev–Trinajstić information content (AvgIpc) is 2.68. The Morgan fingerprint density at radius 3 is 2.82 bits per heavy atom. The van der Waals surface area contributed by atoms with E-state index in [2.05, 4.69) is 9.46 Å². The fourth-order valence-corrected chi connectivity index (χ4v) is 3.82. The van der Waals surface area contributed by atoms with Crippen LogP contribution in [0, 0.1) is 18.3 Å². The third-order valence-corrected chi connectivity index (χ3v) is 4.69. The van der Waals surface area contributed by atoms with Gasteiger partial charge in [0.05, 0.1) is 19.7 Å². The second-order valence-electron chi connectivity index (χ2n) is 3.05. The molecule has 1 heterocycles. The minimum atomic E-state index is -3.86. The van der Waals surface area contributed by atoms with E-state index < -0.39 is 16.0 Å². The molecule has 0 aliphatic heterocycles. The quantitative estimate of drug-likeness (QED) is 0.642. The molecule has 92 valence electrons. The monoisotopic (exact) mass is 274 g/mol. The molecule has 1 aromatic heterocycles. The number of ether oxygens (including phenoxy) is 1. The molecule has 0 atom stereocenters. The SMILES string of the molecule is COC(=O)c1scc(C)c1S(=O)(=O)NCC#N. The number of carbonyl (C=O) groups excluding carboxylic acids is 1. The van der Waals surface area contributed by atoms with Crippen LogP contribution < -0.4 is 4.72 Å². The van der Waals surface area contributed by atoms with E-state index in [1.54, 1.807) is 18.4 Å². The largest absolute Gasteiger partial charge is 0.465 e. The zero-order valence-corrected chi connectivity index (χ0v) is 10.8. The number of aryl methyl sites for hydroxylation is 1. The Morgan fingerprint density at radius 1 is 1.65 bits per heavy atom. The van der Waals surface area contributed by atoms with Crippen molar-refractivity contribution in [3.8, 4) is 6.07 Å². The lowest BCUT2D eigenvalue weighted by atomic mass is 10.3. The number of esters is 1. The predicted molar refractivity (Wildman–Crippen MR) is 61.2 cm³/mol. The summed E-state index contributed by atoms with van der Waals surface area (Å²) in [4.78, 5) is 11.3. The summed E-state index contributed by atoms with van der Waals surface area (Å²) in [7, 11) is -2.68. The molecule has 1 aromatic rings. The summed E-state index contributed by atoms with van der Waals surface area (Å²) in [6.45, 7) is 1.22. The number of nitrogens with one attached hydrogen (secondary N) is 1. The zero-order chi connectivity index (χ0) is 13.1. The molecular formula is C9H10N2O4S2. The van der Waals surface area contributed by atoms with E-state index in [-0.39, 0.29) is 16.3 Å². The fourth-order valence-electron chi connectivity index (χ4n) is 1.20. The molecule has 8 heteroatoms. The maximum atomic E-state index is 11.9. The van der Waals surface area contributed by atoms with E-state index in [1.165, 1.54) is 7.11 Å². The lowest BCUT2D eigenvalue weighted by Crippen LogP contribution is -2.25. The smallest absolute Gasteiger partial charge is 0.349 e. The molecule has 0 radical (unpaired) electrons. The van der Waals surface area contributed by atoms with Crippen LogP contribution in [0.3, 0.4) is 0 Å². The first-order valence-corrected chi connectivity index (χ1v) is 6.83. The standard InChI is InChI=1S/C9H10N2O4S2/c1-6-5-16-7(9(12)15-2)8(6)17(13,14)11-4-3-10/h5,11H,4H2,1-2H3. The summed E-state index contributed by atoms with van der Waals surface area (Å²) < 4.78 is 30.3. The summed E-state index contributed by atoms with van der Waals surface area (Å²) in [6.07, 6.45) is 0. The van der Waals surface area contributed by atoms with Crippen molar-refractivity contribution < 1.29 is 17.9 Å². The molecule has 0 aromatic carbocycles. The summed E-state index contributed by atoms with van der Waals surface area (Å²) in [6, 6.07) is 1.66. The second-order valence-corrected chi connectivity index (χ2v) is 5.63. The van der Waals surface area contributed by atoms with Gasteiger partial charge in [-0.15, -0.1) is 11.3 Å². The van der Waals surface area contributed by atoms with Gasteiger partial charge in [-0.1, -0.05) is 0 Å². The van der Waals surface area contributed by atoms with Crippen molar-refractivity contribution in [3.63, 3.8) is 0 Å². The van der Waals surface area contributed by atoms with E-state index in [9.17, 15) is 13.2 Å². The Kier molecular flexibility index (Phi) is 4.22. The molecule has 0 aliphatic rings. The number of carbonyl (C=O) groups is 1. The van der Waals surface area contributed by atoms with Crippen molar-refractivity contribution in [2.45, 2.75) is 11.8 Å². The Balaban J connectivity index is 3.26. The van der Waals surface area contributed by atoms with Gasteiger partial charge in [-0.05, 0) is 17.9 Å². The molecule has 0 spiro atoms. The van der Waals surface area contributed by atoms with E-state index in [4.69, 9.17) is 5.26 Å². The third kappa shape index (κ3) is 2.82. The molecule has 6 nitrogen and oxygen atoms in total. The van der Waals surface area contributed by atoms with Gasteiger partial charge >= 0.3 is 5.97 Å². The zero-order valence-electron chi connectivity index (χ0n) is 9.18. The molecule has 0 unspecified atom stereocenters. The molecule has 0 saturated carbocycles. The van der Waals surface area contributed by atoms with Gasteiger partial charge < -0.3 is 4.74 Å². The minimum absolute atomic E-state index is 0.00967. The molecule has 17 heavy (non-hydrogen) atoms. The molecule has 0 bridgehead atoms. The number of sulfonamides is 1. The van der Waals surface area contributed by atoms with Gasteiger partial charge in [0.2, 0.25) is 10.0 Å². The van der Waals surface area contributed by atoms with E-state index in [0.29, 0.717) is 5.56 Å². The van der Waals surface area contributed by atoms with Crippen molar-refractivity contribution in [2.24, 2.45) is 0 Å². The number of rotatable bonds is 4. The lowest BCUT2D eigenvalue weighted by Gasteiger charge is -2.05. The number of hydrogen-bond acceptors (Lipinski definition) is 6. The van der Waals surface area contributed by atoms with Crippen molar-refractivity contribution in [1.82, 2.24) is 4.72 Å². The summed E-state index contributed by atoms with van der Waals surface area (Å²) in [5, 5.41) is 9.90. The first-order valence-electron chi connectivity index (χ1n) is 4.47. The fraction of sp³-hybridized carbons (Fsp3) is 0.333. The van der Waals surface area contributed by atoms with Crippen molar-refractivity contribution >= 4 is 27.3 Å². The number of hydrogen-bond donors (Lipinski definition) is 1. The predicted octanol–water partition coefficient (Wildman–Crippen LogP) is 0.645. The highest BCUT2D eigenvalue weighted by Crippen LogP contribution is 2.27. The van der Waals surface area contributed by atoms with Crippen LogP contribution in [0.2, 0.25) is 0 Å². The first-order chi connectivity index (χ1) is 7.94. The molecule has 0 saturated heterocycles. The second kappa shape index (κ2) is 5.27. The van der Waals surface area contributed by atoms with Crippen LogP contribution in [-0.4, -0.2) is 28.0 Å². The van der Waals surface area contributed by atoms with Gasteiger partial charge in [0.25, 0.3) is 0 Å². The van der Waals surface area contributed by atoms with E-state index in [0.717, 1.165) is 11.3 Å². The number of nitrogens with zero attached hydrogens (tertiary/aromatic N) is 1. The average molecular weight is 274 g/mol. The number of methoxy groups -OCH3 is 1. The van der Waals surface area contributed by atoms with Crippen LogP contribution in [-0.2, 0) is 14.8 Å². The van der Waals surface area contributed by atoms with E-state index >= 15 is 0 Å². The summed E-state index contributed by atoms with van der Waals surface area (Å²) >= 11 is 0.993. The molecule has 0 fully saturated rings. The van der Waals surface area contributed by atoms with E-state index in [1.807, 2.05) is 0 Å². The summed E-state index contributed by atoms with van der Waals surface area (Å²) in [5.41, 5.74) is 0.445. The number of nitriles is 1. The maximum Gasteiger partial charge on any atom is 0.349 e. The van der Waals surface area contributed by atoms with Gasteiger partial charge in [0.1, 0.15) is 9.77 Å². The molecule has 0 aliphatic carbocycles. The van der Waals surface area contributed by atoms with Crippen LogP contribution >= 0.6 is 11.3 Å². The number of thiophene rings is 1. The highest BCUT2D eigenvalue weighted by Gasteiger charge is 2.27. The Bertz CT molecular complexity index is 568. The van der Waals surface area contributed by atoms with Crippen LogP contribution in [0.15, 0.2) is 10.3 Å². The first kappa shape index (κ1) is 13.6. The van der Waals surface area contributed by atoms with Gasteiger partial charge in [0.15, 0.2) is 0 Å². The van der Waals surface area contributed by atoms with Crippen LogP contribution in [0.1, 0.15) is 15.2 Å². The molecule has 1 N–H and O–H groups in total. The minimum Gasteiger partial charge on any atom is -0.465 e. The summed E-state index contributed by atoms with van der Waals surface area (Å²) in [5.74, 6) is -0.708. The highest BCUT2D eigenvalue weighted by molar-refractivity contribution is 7.89. The Labute approximate surface area is 103 Å². The molecule has 0 amide bonds. The molecule has 1 rings (SSSR count). The maximum absolute atomic E-state index is 11.9. The Morgan fingerprint density at radius 2 is 2.29 bits per heavy atom. The normalized spacial score (nSPS) is 10.9. The molecular weight excluding hydrogens is 264 g/mol. The van der Waals surface area contributed by atoms with Crippen LogP contribution in [0.5, 0.6) is 0 Å². The van der Waals surface area contributed by atoms with Crippen LogP contribution in [0.25, 0.3) is 0 Å². The van der Waals surface area contributed by atoms with Gasteiger partial charge in [0, 0.05) is 0 Å². The van der Waals surface area contributed by atoms with Crippen molar-refractivity contribution in [3.05, 3.63) is 15.8 Å². The van der Waals surface area contributed by atoms with Gasteiger partial charge in [-0.2, -0.15) is 9.98 Å². The topological polar surface area (TPSA) is 96.3 Å².